The largest absolute Gasteiger partial charge is 0.325 e. The zero-order valence-corrected chi connectivity index (χ0v) is 7.80. The van der Waals surface area contributed by atoms with Crippen molar-refractivity contribution in [2.45, 2.75) is 12.8 Å². The van der Waals surface area contributed by atoms with Crippen molar-refractivity contribution in [1.29, 1.82) is 0 Å². The number of hydrogen-bond donors (Lipinski definition) is 3. The Labute approximate surface area is 80.6 Å². The zero-order chi connectivity index (χ0) is 9.97. The van der Waals surface area contributed by atoms with Gasteiger partial charge >= 0.3 is 5.69 Å². The summed E-state index contributed by atoms with van der Waals surface area (Å²) in [5, 5.41) is 3.24. The van der Waals surface area contributed by atoms with Gasteiger partial charge in [-0.15, -0.1) is 0 Å². The lowest BCUT2D eigenvalue weighted by molar-refractivity contribution is 0.569. The third-order valence-corrected chi connectivity index (χ3v) is 2.49. The molecule has 0 spiro atoms. The number of H-pyrrole nitrogens is 2. The van der Waals surface area contributed by atoms with Gasteiger partial charge in [0.2, 0.25) is 0 Å². The molecular formula is C9H13N3O2. The summed E-state index contributed by atoms with van der Waals surface area (Å²) in [5.41, 5.74) is -0.0133. The summed E-state index contributed by atoms with van der Waals surface area (Å²) in [4.78, 5) is 26.7. The minimum Gasteiger partial charge on any atom is -0.316 e. The van der Waals surface area contributed by atoms with E-state index in [0.29, 0.717) is 5.92 Å². The molecule has 0 bridgehead atoms. The molecule has 0 radical (unpaired) electrons. The maximum absolute atomic E-state index is 11.0. The summed E-state index contributed by atoms with van der Waals surface area (Å²) < 4.78 is 0. The van der Waals surface area contributed by atoms with Gasteiger partial charge in [0.25, 0.3) is 5.56 Å². The van der Waals surface area contributed by atoms with Gasteiger partial charge in [-0.3, -0.25) is 9.78 Å². The predicted octanol–water partition coefficient (Wildman–Crippen LogP) is -0.785. The van der Waals surface area contributed by atoms with Gasteiger partial charge in [0.05, 0.1) is 0 Å². The Hall–Kier alpha value is -1.36. The van der Waals surface area contributed by atoms with Crippen LogP contribution in [0, 0.1) is 5.92 Å². The van der Waals surface area contributed by atoms with Crippen LogP contribution in [0.2, 0.25) is 0 Å². The number of aromatic amines is 2. The normalized spacial score (nSPS) is 21.3. The summed E-state index contributed by atoms with van der Waals surface area (Å²) in [6.45, 7) is 1.99. The van der Waals surface area contributed by atoms with Crippen LogP contribution in [0.4, 0.5) is 0 Å². The van der Waals surface area contributed by atoms with Crippen molar-refractivity contribution in [3.05, 3.63) is 32.6 Å². The van der Waals surface area contributed by atoms with Crippen molar-refractivity contribution < 1.29 is 0 Å². The van der Waals surface area contributed by atoms with Crippen LogP contribution in [-0.4, -0.2) is 23.1 Å². The van der Waals surface area contributed by atoms with Crippen molar-refractivity contribution >= 4 is 0 Å². The molecule has 0 aromatic carbocycles. The van der Waals surface area contributed by atoms with Crippen LogP contribution in [0.1, 0.15) is 12.1 Å². The first-order chi connectivity index (χ1) is 6.74. The molecule has 5 nitrogen and oxygen atoms in total. The van der Waals surface area contributed by atoms with Crippen molar-refractivity contribution in [2.75, 3.05) is 13.1 Å². The van der Waals surface area contributed by atoms with Crippen LogP contribution in [0.5, 0.6) is 0 Å². The Morgan fingerprint density at radius 1 is 1.36 bits per heavy atom. The standard InChI is InChI=1S/C9H13N3O2/c13-8-4-7(11-9(14)12-8)3-6-1-2-10-5-6/h4,6,10H,1-3,5H2,(H2,11,12,13,14). The van der Waals surface area contributed by atoms with E-state index in [1.807, 2.05) is 0 Å². The molecule has 0 amide bonds. The van der Waals surface area contributed by atoms with Gasteiger partial charge in [-0.25, -0.2) is 4.79 Å². The van der Waals surface area contributed by atoms with Crippen LogP contribution in [0.25, 0.3) is 0 Å². The van der Waals surface area contributed by atoms with Crippen LogP contribution >= 0.6 is 0 Å². The molecular weight excluding hydrogens is 182 g/mol. The monoisotopic (exact) mass is 195 g/mol. The first-order valence-electron chi connectivity index (χ1n) is 4.77. The Bertz CT molecular complexity index is 386. The zero-order valence-electron chi connectivity index (χ0n) is 7.80. The Balaban J connectivity index is 2.15. The summed E-state index contributed by atoms with van der Waals surface area (Å²) >= 11 is 0. The maximum Gasteiger partial charge on any atom is 0.325 e. The Morgan fingerprint density at radius 3 is 2.86 bits per heavy atom. The fraction of sp³-hybridized carbons (Fsp3) is 0.556. The average molecular weight is 195 g/mol. The first kappa shape index (κ1) is 9.21. The van der Waals surface area contributed by atoms with E-state index in [2.05, 4.69) is 15.3 Å². The minimum atomic E-state index is -0.418. The fourth-order valence-corrected chi connectivity index (χ4v) is 1.83. The second-order valence-electron chi connectivity index (χ2n) is 3.68. The summed E-state index contributed by atoms with van der Waals surface area (Å²) in [5.74, 6) is 0.535. The molecule has 0 saturated carbocycles. The fourth-order valence-electron chi connectivity index (χ4n) is 1.83. The molecule has 0 aliphatic carbocycles. The van der Waals surface area contributed by atoms with E-state index in [-0.39, 0.29) is 5.56 Å². The van der Waals surface area contributed by atoms with Gasteiger partial charge in [-0.05, 0) is 31.8 Å². The highest BCUT2D eigenvalue weighted by Crippen LogP contribution is 2.11. The molecule has 1 unspecified atom stereocenters. The predicted molar refractivity (Wildman–Crippen MR) is 52.4 cm³/mol. The summed E-state index contributed by atoms with van der Waals surface area (Å²) in [6, 6.07) is 1.46. The van der Waals surface area contributed by atoms with Crippen molar-refractivity contribution in [2.24, 2.45) is 5.92 Å². The lowest BCUT2D eigenvalue weighted by Crippen LogP contribution is -2.24. The molecule has 14 heavy (non-hydrogen) atoms. The second-order valence-corrected chi connectivity index (χ2v) is 3.68. The molecule has 1 aromatic heterocycles. The average Bonchev–Trinajstić information content (AvgIpc) is 2.54. The molecule has 2 heterocycles. The van der Waals surface area contributed by atoms with E-state index in [0.717, 1.165) is 31.6 Å². The minimum absolute atomic E-state index is 0.324. The molecule has 2 rings (SSSR count). The molecule has 1 aliphatic rings. The number of rotatable bonds is 2. The van der Waals surface area contributed by atoms with Crippen LogP contribution < -0.4 is 16.6 Å². The third kappa shape index (κ3) is 2.11. The van der Waals surface area contributed by atoms with E-state index in [1.54, 1.807) is 0 Å². The van der Waals surface area contributed by atoms with Crippen molar-refractivity contribution in [3.63, 3.8) is 0 Å². The SMILES string of the molecule is O=c1cc(CC2CCNC2)[nH]c(=O)[nH]1. The van der Waals surface area contributed by atoms with E-state index >= 15 is 0 Å². The molecule has 1 saturated heterocycles. The lowest BCUT2D eigenvalue weighted by atomic mass is 10.0. The van der Waals surface area contributed by atoms with Gasteiger partial charge < -0.3 is 10.3 Å². The van der Waals surface area contributed by atoms with E-state index in [1.165, 1.54) is 6.07 Å². The Kier molecular flexibility index (Phi) is 2.49. The van der Waals surface area contributed by atoms with Gasteiger partial charge in [0.1, 0.15) is 0 Å². The smallest absolute Gasteiger partial charge is 0.316 e. The lowest BCUT2D eigenvalue weighted by Gasteiger charge is -2.06. The first-order valence-corrected chi connectivity index (χ1v) is 4.77. The maximum atomic E-state index is 11.0. The summed E-state index contributed by atoms with van der Waals surface area (Å²) in [6.07, 6.45) is 1.88. The molecule has 5 heteroatoms. The van der Waals surface area contributed by atoms with Crippen molar-refractivity contribution in [1.82, 2.24) is 15.3 Å². The molecule has 1 fully saturated rings. The van der Waals surface area contributed by atoms with E-state index in [9.17, 15) is 9.59 Å². The molecule has 3 N–H and O–H groups in total. The van der Waals surface area contributed by atoms with E-state index in [4.69, 9.17) is 0 Å². The molecule has 1 aromatic rings. The topological polar surface area (TPSA) is 77.8 Å². The molecule has 1 aliphatic heterocycles. The van der Waals surface area contributed by atoms with Crippen LogP contribution in [0.3, 0.4) is 0 Å². The third-order valence-electron chi connectivity index (χ3n) is 2.49. The number of hydrogen-bond acceptors (Lipinski definition) is 3. The van der Waals surface area contributed by atoms with Gasteiger partial charge in [-0.1, -0.05) is 0 Å². The highest BCUT2D eigenvalue weighted by atomic mass is 16.2. The highest BCUT2D eigenvalue weighted by Gasteiger charge is 2.15. The Morgan fingerprint density at radius 2 is 2.21 bits per heavy atom. The van der Waals surface area contributed by atoms with Gasteiger partial charge in [0, 0.05) is 11.8 Å². The van der Waals surface area contributed by atoms with Gasteiger partial charge in [-0.2, -0.15) is 0 Å². The van der Waals surface area contributed by atoms with Gasteiger partial charge in [0.15, 0.2) is 0 Å². The quantitative estimate of drug-likeness (QED) is 0.579. The van der Waals surface area contributed by atoms with Crippen molar-refractivity contribution in [3.8, 4) is 0 Å². The second kappa shape index (κ2) is 3.79. The number of aromatic nitrogens is 2. The van der Waals surface area contributed by atoms with E-state index < -0.39 is 5.69 Å². The highest BCUT2D eigenvalue weighted by molar-refractivity contribution is 5.00. The van der Waals surface area contributed by atoms with Crippen LogP contribution in [0.15, 0.2) is 15.7 Å². The van der Waals surface area contributed by atoms with Crippen LogP contribution in [-0.2, 0) is 6.42 Å². The summed E-state index contributed by atoms with van der Waals surface area (Å²) in [7, 11) is 0. The molecule has 1 atom stereocenters. The molecule has 76 valence electrons. The number of nitrogens with one attached hydrogen (secondary N) is 3.